The maximum Gasteiger partial charge on any atom is 0.231 e. The molecule has 166 valence electrons. The van der Waals surface area contributed by atoms with Crippen LogP contribution in [0, 0.1) is 5.92 Å². The van der Waals surface area contributed by atoms with Gasteiger partial charge in [0.15, 0.2) is 0 Å². The Kier molecular flexibility index (Phi) is 8.04. The molecule has 0 spiro atoms. The van der Waals surface area contributed by atoms with E-state index < -0.39 is 0 Å². The smallest absolute Gasteiger partial charge is 0.231 e. The van der Waals surface area contributed by atoms with Crippen molar-refractivity contribution in [2.45, 2.75) is 46.0 Å². The lowest BCUT2D eigenvalue weighted by Crippen LogP contribution is -2.35. The molecule has 0 bridgehead atoms. The number of hydrogen-bond acceptors (Lipinski definition) is 4. The summed E-state index contributed by atoms with van der Waals surface area (Å²) in [6, 6.07) is 13.7. The fourth-order valence-electron chi connectivity index (χ4n) is 4.01. The molecule has 0 radical (unpaired) electrons. The van der Waals surface area contributed by atoms with Crippen LogP contribution in [0.3, 0.4) is 0 Å². The van der Waals surface area contributed by atoms with Crippen LogP contribution in [0.5, 0.6) is 0 Å². The van der Waals surface area contributed by atoms with Gasteiger partial charge >= 0.3 is 0 Å². The first-order chi connectivity index (χ1) is 15.0. The molecule has 2 aromatic rings. The summed E-state index contributed by atoms with van der Waals surface area (Å²) in [4.78, 5) is 33.9. The van der Waals surface area contributed by atoms with Gasteiger partial charge in [-0.25, -0.2) is 4.98 Å². The maximum atomic E-state index is 12.8. The fourth-order valence-corrected chi connectivity index (χ4v) is 4.01. The van der Waals surface area contributed by atoms with Crippen LogP contribution >= 0.6 is 0 Å². The van der Waals surface area contributed by atoms with Crippen molar-refractivity contribution in [3.63, 3.8) is 0 Å². The summed E-state index contributed by atoms with van der Waals surface area (Å²) in [5, 5.41) is 3.00. The van der Waals surface area contributed by atoms with Crippen molar-refractivity contribution < 1.29 is 9.59 Å². The number of carbonyl (C=O) groups is 2. The van der Waals surface area contributed by atoms with Gasteiger partial charge in [0, 0.05) is 32.6 Å². The Morgan fingerprint density at radius 3 is 2.45 bits per heavy atom. The van der Waals surface area contributed by atoms with Crippen LogP contribution in [-0.2, 0) is 9.59 Å². The van der Waals surface area contributed by atoms with Crippen LogP contribution < -0.4 is 10.2 Å². The van der Waals surface area contributed by atoms with Crippen molar-refractivity contribution in [1.82, 2.24) is 9.88 Å². The van der Waals surface area contributed by atoms with E-state index in [0.717, 1.165) is 50.4 Å². The van der Waals surface area contributed by atoms with Gasteiger partial charge in [-0.3, -0.25) is 9.59 Å². The standard InChI is InChI=1S/C25H34N4O2/c1-4-22(20-9-6-5-7-10-20)25(31)27-21-11-12-23(26-18-21)28-13-8-14-29(16-15-28)24(30)17-19(2)3/h5-7,9-12,18-19,22H,4,8,13-17H2,1-3H3,(H,27,31)/t22-/m1/s1. The van der Waals surface area contributed by atoms with Gasteiger partial charge in [-0.15, -0.1) is 0 Å². The average molecular weight is 423 g/mol. The predicted octanol–water partition coefficient (Wildman–Crippen LogP) is 4.30. The molecular formula is C25H34N4O2. The molecule has 2 heterocycles. The van der Waals surface area contributed by atoms with E-state index in [1.807, 2.05) is 54.3 Å². The summed E-state index contributed by atoms with van der Waals surface area (Å²) in [5.41, 5.74) is 1.72. The van der Waals surface area contributed by atoms with Crippen molar-refractivity contribution in [1.29, 1.82) is 0 Å². The molecule has 1 aromatic carbocycles. The van der Waals surface area contributed by atoms with Crippen molar-refractivity contribution in [2.75, 3.05) is 36.4 Å². The number of hydrogen-bond donors (Lipinski definition) is 1. The first-order valence-electron chi connectivity index (χ1n) is 11.3. The van der Waals surface area contributed by atoms with E-state index in [1.54, 1.807) is 6.20 Å². The normalized spacial score (nSPS) is 15.5. The maximum absolute atomic E-state index is 12.8. The number of amides is 2. The van der Waals surface area contributed by atoms with Gasteiger partial charge in [0.1, 0.15) is 5.82 Å². The number of anilines is 2. The second-order valence-corrected chi connectivity index (χ2v) is 8.59. The zero-order chi connectivity index (χ0) is 22.2. The average Bonchev–Trinajstić information content (AvgIpc) is 3.02. The largest absolute Gasteiger partial charge is 0.355 e. The quantitative estimate of drug-likeness (QED) is 0.723. The second kappa shape index (κ2) is 10.9. The molecule has 1 aliphatic rings. The molecule has 1 N–H and O–H groups in total. The number of rotatable bonds is 7. The topological polar surface area (TPSA) is 65.5 Å². The van der Waals surface area contributed by atoms with E-state index in [2.05, 4.69) is 29.0 Å². The third kappa shape index (κ3) is 6.29. The first kappa shape index (κ1) is 22.8. The van der Waals surface area contributed by atoms with Gasteiger partial charge in [-0.05, 0) is 36.5 Å². The Hall–Kier alpha value is -2.89. The Bertz CT molecular complexity index is 852. The summed E-state index contributed by atoms with van der Waals surface area (Å²) < 4.78 is 0. The first-order valence-corrected chi connectivity index (χ1v) is 11.3. The molecule has 0 unspecified atom stereocenters. The van der Waals surface area contributed by atoms with Crippen LogP contribution in [0.15, 0.2) is 48.7 Å². The van der Waals surface area contributed by atoms with Crippen LogP contribution in [0.1, 0.15) is 51.5 Å². The van der Waals surface area contributed by atoms with Crippen molar-refractivity contribution in [3.8, 4) is 0 Å². The van der Waals surface area contributed by atoms with Gasteiger partial charge in [0.2, 0.25) is 11.8 Å². The third-order valence-electron chi connectivity index (χ3n) is 5.70. The molecule has 1 saturated heterocycles. The summed E-state index contributed by atoms with van der Waals surface area (Å²) in [6.45, 7) is 9.34. The Balaban J connectivity index is 1.58. The van der Waals surface area contributed by atoms with E-state index >= 15 is 0 Å². The predicted molar refractivity (Wildman–Crippen MR) is 125 cm³/mol. The molecular weight excluding hydrogens is 388 g/mol. The summed E-state index contributed by atoms with van der Waals surface area (Å²) in [7, 11) is 0. The van der Waals surface area contributed by atoms with Gasteiger partial charge in [0.05, 0.1) is 17.8 Å². The highest BCUT2D eigenvalue weighted by molar-refractivity contribution is 5.95. The Labute approximate surface area is 185 Å². The zero-order valence-electron chi connectivity index (χ0n) is 18.9. The molecule has 0 aliphatic carbocycles. The van der Waals surface area contributed by atoms with Crippen LogP contribution in [0.25, 0.3) is 0 Å². The van der Waals surface area contributed by atoms with Gasteiger partial charge < -0.3 is 15.1 Å². The number of nitrogens with one attached hydrogen (secondary N) is 1. The number of aromatic nitrogens is 1. The number of carbonyl (C=O) groups excluding carboxylic acids is 2. The fraction of sp³-hybridized carbons (Fsp3) is 0.480. The van der Waals surface area contributed by atoms with E-state index in [9.17, 15) is 9.59 Å². The third-order valence-corrected chi connectivity index (χ3v) is 5.70. The summed E-state index contributed by atoms with van der Waals surface area (Å²) in [6.07, 6.45) is 3.99. The lowest BCUT2D eigenvalue weighted by Gasteiger charge is -2.23. The lowest BCUT2D eigenvalue weighted by molar-refractivity contribution is -0.131. The number of benzene rings is 1. The zero-order valence-corrected chi connectivity index (χ0v) is 18.9. The molecule has 2 amide bonds. The highest BCUT2D eigenvalue weighted by Gasteiger charge is 2.21. The second-order valence-electron chi connectivity index (χ2n) is 8.59. The molecule has 3 rings (SSSR count). The number of pyridine rings is 1. The highest BCUT2D eigenvalue weighted by Crippen LogP contribution is 2.22. The van der Waals surface area contributed by atoms with Crippen LogP contribution in [0.2, 0.25) is 0 Å². The molecule has 1 fully saturated rings. The van der Waals surface area contributed by atoms with Crippen molar-refractivity contribution in [3.05, 3.63) is 54.2 Å². The summed E-state index contributed by atoms with van der Waals surface area (Å²) in [5.74, 6) is 1.31. The lowest BCUT2D eigenvalue weighted by atomic mass is 9.95. The van der Waals surface area contributed by atoms with E-state index in [4.69, 9.17) is 0 Å². The van der Waals surface area contributed by atoms with E-state index in [-0.39, 0.29) is 17.7 Å². The Morgan fingerprint density at radius 2 is 1.81 bits per heavy atom. The summed E-state index contributed by atoms with van der Waals surface area (Å²) >= 11 is 0. The van der Waals surface area contributed by atoms with Crippen molar-refractivity contribution in [2.24, 2.45) is 5.92 Å². The molecule has 1 aromatic heterocycles. The molecule has 1 aliphatic heterocycles. The van der Waals surface area contributed by atoms with E-state index in [1.165, 1.54) is 0 Å². The molecule has 6 nitrogen and oxygen atoms in total. The molecule has 31 heavy (non-hydrogen) atoms. The molecule has 0 saturated carbocycles. The monoisotopic (exact) mass is 422 g/mol. The van der Waals surface area contributed by atoms with Gasteiger partial charge in [0.25, 0.3) is 0 Å². The number of nitrogens with zero attached hydrogens (tertiary/aromatic N) is 3. The van der Waals surface area contributed by atoms with E-state index in [0.29, 0.717) is 18.0 Å². The van der Waals surface area contributed by atoms with Gasteiger partial charge in [-0.1, -0.05) is 51.1 Å². The van der Waals surface area contributed by atoms with Crippen LogP contribution in [-0.4, -0.2) is 47.9 Å². The van der Waals surface area contributed by atoms with Gasteiger partial charge in [-0.2, -0.15) is 0 Å². The van der Waals surface area contributed by atoms with Crippen LogP contribution in [0.4, 0.5) is 11.5 Å². The molecule has 6 heteroatoms. The van der Waals surface area contributed by atoms with Crippen molar-refractivity contribution >= 4 is 23.3 Å². The highest BCUT2D eigenvalue weighted by atomic mass is 16.2. The minimum absolute atomic E-state index is 0.0164. The Morgan fingerprint density at radius 1 is 1.03 bits per heavy atom. The molecule has 1 atom stereocenters. The minimum Gasteiger partial charge on any atom is -0.355 e. The minimum atomic E-state index is -0.180. The SMILES string of the molecule is CC[C@@H](C(=O)Nc1ccc(N2CCCN(C(=O)CC(C)C)CC2)nc1)c1ccccc1.